The first-order valence-corrected chi connectivity index (χ1v) is 11.9. The molecule has 9 nitrogen and oxygen atoms in total. The summed E-state index contributed by atoms with van der Waals surface area (Å²) in [6.07, 6.45) is 7.09. The monoisotopic (exact) mass is 507 g/mol. The molecule has 0 aliphatic carbocycles. The molecule has 0 aliphatic rings. The molecule has 3 N–H and O–H groups in total. The number of pyridine rings is 3. The van der Waals surface area contributed by atoms with Crippen LogP contribution in [-0.4, -0.2) is 43.2 Å². The Balaban J connectivity index is 1.43. The van der Waals surface area contributed by atoms with Crippen LogP contribution in [0, 0.1) is 5.82 Å². The molecule has 6 rings (SSSR count). The van der Waals surface area contributed by atoms with Crippen LogP contribution in [0.15, 0.2) is 67.3 Å². The van der Waals surface area contributed by atoms with E-state index in [1.54, 1.807) is 37.8 Å². The Kier molecular flexibility index (Phi) is 5.76. The minimum absolute atomic E-state index is 0.0890. The van der Waals surface area contributed by atoms with Crippen LogP contribution in [0.4, 0.5) is 10.1 Å². The molecular formula is C28H22FN7O2. The Morgan fingerprint density at radius 3 is 2.71 bits per heavy atom. The second kappa shape index (κ2) is 9.40. The highest BCUT2D eigenvalue weighted by Gasteiger charge is 2.17. The molecule has 5 heterocycles. The number of nitrogens with one attached hydrogen (secondary N) is 3. The second-order valence-electron chi connectivity index (χ2n) is 8.74. The number of rotatable bonds is 6. The van der Waals surface area contributed by atoms with Gasteiger partial charge in [-0.15, -0.1) is 0 Å². The summed E-state index contributed by atoms with van der Waals surface area (Å²) in [6, 6.07) is 12.1. The van der Waals surface area contributed by atoms with Crippen LogP contribution in [0.3, 0.4) is 0 Å². The fraction of sp³-hybridized carbons (Fsp3) is 0.107. The zero-order valence-corrected chi connectivity index (χ0v) is 20.5. The van der Waals surface area contributed by atoms with Crippen molar-refractivity contribution < 1.29 is 13.9 Å². The number of nitrogens with zero attached hydrogens (tertiary/aromatic N) is 4. The SMILES string of the molecule is CCC(=O)Nc1cncc(-c2ccc3[nH]nc(-c4cc5c(-c6cc(F)cc(OC)c6)cncc5[nH]4)c3n2)c1. The van der Waals surface area contributed by atoms with Crippen molar-refractivity contribution >= 4 is 33.5 Å². The van der Waals surface area contributed by atoms with Gasteiger partial charge in [0.1, 0.15) is 22.8 Å². The summed E-state index contributed by atoms with van der Waals surface area (Å²) >= 11 is 0. The number of carbonyl (C=O) groups is 1. The van der Waals surface area contributed by atoms with Crippen molar-refractivity contribution in [3.63, 3.8) is 0 Å². The zero-order valence-electron chi connectivity index (χ0n) is 20.5. The highest BCUT2D eigenvalue weighted by atomic mass is 19.1. The number of hydrogen-bond donors (Lipinski definition) is 3. The molecular weight excluding hydrogens is 485 g/mol. The smallest absolute Gasteiger partial charge is 0.224 e. The number of aromatic nitrogens is 6. The van der Waals surface area contributed by atoms with E-state index in [4.69, 9.17) is 9.72 Å². The Labute approximate surface area is 216 Å². The van der Waals surface area contributed by atoms with E-state index in [1.165, 1.54) is 19.2 Å². The largest absolute Gasteiger partial charge is 0.497 e. The van der Waals surface area contributed by atoms with Gasteiger partial charge in [0.2, 0.25) is 5.91 Å². The van der Waals surface area contributed by atoms with Gasteiger partial charge in [-0.25, -0.2) is 9.37 Å². The molecule has 0 unspecified atom stereocenters. The predicted molar refractivity (Wildman–Crippen MR) is 143 cm³/mol. The van der Waals surface area contributed by atoms with Gasteiger partial charge in [-0.05, 0) is 42.0 Å². The van der Waals surface area contributed by atoms with Gasteiger partial charge < -0.3 is 15.0 Å². The lowest BCUT2D eigenvalue weighted by atomic mass is 10.0. The number of ether oxygens (including phenoxy) is 1. The average Bonchev–Trinajstić information content (AvgIpc) is 3.56. The van der Waals surface area contributed by atoms with Crippen molar-refractivity contribution in [1.29, 1.82) is 0 Å². The van der Waals surface area contributed by atoms with Crippen LogP contribution < -0.4 is 10.1 Å². The molecule has 188 valence electrons. The predicted octanol–water partition coefficient (Wildman–Crippen LogP) is 5.73. The van der Waals surface area contributed by atoms with Gasteiger partial charge in [0.05, 0.1) is 47.6 Å². The van der Waals surface area contributed by atoms with Gasteiger partial charge in [0.15, 0.2) is 0 Å². The third kappa shape index (κ3) is 4.21. The van der Waals surface area contributed by atoms with Crippen LogP contribution >= 0.6 is 0 Å². The van der Waals surface area contributed by atoms with Gasteiger partial charge >= 0.3 is 0 Å². The van der Waals surface area contributed by atoms with Crippen LogP contribution in [0.25, 0.3) is 55.7 Å². The fourth-order valence-electron chi connectivity index (χ4n) is 4.39. The van der Waals surface area contributed by atoms with Crippen molar-refractivity contribution in [2.24, 2.45) is 0 Å². The minimum atomic E-state index is -0.394. The summed E-state index contributed by atoms with van der Waals surface area (Å²) in [4.78, 5) is 28.6. The summed E-state index contributed by atoms with van der Waals surface area (Å²) in [5, 5.41) is 11.2. The maximum Gasteiger partial charge on any atom is 0.224 e. The molecule has 5 aromatic heterocycles. The molecule has 6 aromatic rings. The molecule has 0 aliphatic heterocycles. The second-order valence-corrected chi connectivity index (χ2v) is 8.74. The van der Waals surface area contributed by atoms with Crippen molar-refractivity contribution in [2.75, 3.05) is 12.4 Å². The Hall–Kier alpha value is -5.12. The summed E-state index contributed by atoms with van der Waals surface area (Å²) in [5.74, 6) is -0.0561. The van der Waals surface area contributed by atoms with Crippen molar-refractivity contribution in [3.05, 3.63) is 73.1 Å². The lowest BCUT2D eigenvalue weighted by Gasteiger charge is -2.06. The van der Waals surface area contributed by atoms with Crippen molar-refractivity contribution in [2.45, 2.75) is 13.3 Å². The molecule has 0 fully saturated rings. The minimum Gasteiger partial charge on any atom is -0.497 e. The lowest BCUT2D eigenvalue weighted by Crippen LogP contribution is -2.09. The molecule has 1 aromatic carbocycles. The van der Waals surface area contributed by atoms with Crippen LogP contribution in [-0.2, 0) is 4.79 Å². The summed E-state index contributed by atoms with van der Waals surface area (Å²) in [7, 11) is 1.50. The first-order chi connectivity index (χ1) is 18.5. The molecule has 0 atom stereocenters. The Morgan fingerprint density at radius 2 is 1.87 bits per heavy atom. The molecule has 1 amide bonds. The Bertz CT molecular complexity index is 1830. The number of fused-ring (bicyclic) bond motifs is 2. The number of H-pyrrole nitrogens is 2. The number of aromatic amines is 2. The first kappa shape index (κ1) is 23.3. The number of hydrogen-bond acceptors (Lipinski definition) is 6. The maximum atomic E-state index is 14.2. The Morgan fingerprint density at radius 1 is 1.00 bits per heavy atom. The van der Waals surface area contributed by atoms with E-state index in [9.17, 15) is 9.18 Å². The number of amides is 1. The number of methoxy groups -OCH3 is 1. The summed E-state index contributed by atoms with van der Waals surface area (Å²) in [5.41, 5.74) is 7.03. The first-order valence-electron chi connectivity index (χ1n) is 11.9. The van der Waals surface area contributed by atoms with Crippen LogP contribution in [0.1, 0.15) is 13.3 Å². The van der Waals surface area contributed by atoms with Crippen LogP contribution in [0.5, 0.6) is 5.75 Å². The van der Waals surface area contributed by atoms with E-state index in [-0.39, 0.29) is 5.91 Å². The van der Waals surface area contributed by atoms with E-state index in [1.807, 2.05) is 24.3 Å². The number of carbonyl (C=O) groups excluding carboxylic acids is 1. The molecule has 0 saturated carbocycles. The summed E-state index contributed by atoms with van der Waals surface area (Å²) < 4.78 is 19.5. The van der Waals surface area contributed by atoms with Crippen molar-refractivity contribution in [3.8, 4) is 39.5 Å². The van der Waals surface area contributed by atoms with E-state index < -0.39 is 5.82 Å². The normalized spacial score (nSPS) is 11.2. The van der Waals surface area contributed by atoms with E-state index >= 15 is 0 Å². The highest BCUT2D eigenvalue weighted by molar-refractivity contribution is 6.00. The van der Waals surface area contributed by atoms with Gasteiger partial charge in [-0.2, -0.15) is 5.10 Å². The summed E-state index contributed by atoms with van der Waals surface area (Å²) in [6.45, 7) is 1.79. The van der Waals surface area contributed by atoms with Crippen LogP contribution in [0.2, 0.25) is 0 Å². The molecule has 0 spiro atoms. The number of benzene rings is 1. The molecule has 0 saturated heterocycles. The number of anilines is 1. The quantitative estimate of drug-likeness (QED) is 0.265. The average molecular weight is 508 g/mol. The molecule has 38 heavy (non-hydrogen) atoms. The topological polar surface area (TPSA) is 121 Å². The zero-order chi connectivity index (χ0) is 26.2. The maximum absolute atomic E-state index is 14.2. The highest BCUT2D eigenvalue weighted by Crippen LogP contribution is 2.35. The van der Waals surface area contributed by atoms with E-state index in [2.05, 4.69) is 30.5 Å². The van der Waals surface area contributed by atoms with Crippen molar-refractivity contribution in [1.82, 2.24) is 30.1 Å². The third-order valence-electron chi connectivity index (χ3n) is 6.27. The van der Waals surface area contributed by atoms with E-state index in [0.717, 1.165) is 33.2 Å². The molecule has 0 radical (unpaired) electrons. The van der Waals surface area contributed by atoms with Gasteiger partial charge in [0.25, 0.3) is 0 Å². The van der Waals surface area contributed by atoms with E-state index in [0.29, 0.717) is 40.3 Å². The third-order valence-corrected chi connectivity index (χ3v) is 6.27. The lowest BCUT2D eigenvalue weighted by molar-refractivity contribution is -0.115. The molecule has 0 bridgehead atoms. The standard InChI is InChI=1S/C28H22FN7O2/c1-3-26(37)32-18-7-16(11-30-12-18)22-4-5-23-27(34-22)28(36-35-23)24-10-20-21(13-31-14-25(20)33-24)15-6-17(29)9-19(8-15)38-2/h4-14,33H,3H2,1-2H3,(H,32,37)(H,35,36). The van der Waals surface area contributed by atoms with Gasteiger partial charge in [0, 0.05) is 41.4 Å². The molecule has 10 heteroatoms. The van der Waals surface area contributed by atoms with Gasteiger partial charge in [-0.3, -0.25) is 19.9 Å². The fourth-order valence-corrected chi connectivity index (χ4v) is 4.39. The number of halogens is 1. The van der Waals surface area contributed by atoms with Gasteiger partial charge in [-0.1, -0.05) is 6.92 Å².